The smallest absolute Gasteiger partial charge is 0.0782 e. The molecule has 0 spiro atoms. The Bertz CT molecular complexity index is 2530. The summed E-state index contributed by atoms with van der Waals surface area (Å²) in [5.74, 6) is 0. The van der Waals surface area contributed by atoms with Crippen LogP contribution in [-0.4, -0.2) is 63.3 Å². The van der Waals surface area contributed by atoms with Crippen LogP contribution in [0.4, 0.5) is 34.1 Å². The standard InChI is InChI=1S/C59H68N4/c1-9-62(5,6)41-17-39-59(40-18-42-63(7,8)10-2)57-43-46(4)25-37-55(57)56-38-28-48(44-58(56)59)47-26-31-52(32-27-47)61(51-29-23-45(3)24-30-51)54-35-33-53(34-36-54)60(49-19-13-11-14-20-49)50-21-15-12-16-22-50/h11-16,19-38,43-44H,9-10,17-18,39-42H2,1-8H3/q+2. The number of aryl methyl sites for hydroxylation is 2. The van der Waals surface area contributed by atoms with Crippen molar-refractivity contribution < 1.29 is 8.97 Å². The zero-order valence-corrected chi connectivity index (χ0v) is 39.1. The summed E-state index contributed by atoms with van der Waals surface area (Å²) in [4.78, 5) is 4.69. The molecule has 63 heavy (non-hydrogen) atoms. The predicted octanol–water partition coefficient (Wildman–Crippen LogP) is 14.9. The van der Waals surface area contributed by atoms with Crippen molar-refractivity contribution >= 4 is 34.1 Å². The number of anilines is 6. The maximum absolute atomic E-state index is 2.57. The van der Waals surface area contributed by atoms with Crippen molar-refractivity contribution in [1.82, 2.24) is 0 Å². The molecule has 7 aromatic carbocycles. The Morgan fingerprint density at radius 1 is 0.397 bits per heavy atom. The first-order valence-electron chi connectivity index (χ1n) is 23.3. The molecule has 0 radical (unpaired) electrons. The number of benzene rings is 7. The highest BCUT2D eigenvalue weighted by Crippen LogP contribution is 2.55. The summed E-state index contributed by atoms with van der Waals surface area (Å²) < 4.78 is 2.11. The molecule has 322 valence electrons. The third-order valence-corrected chi connectivity index (χ3v) is 14.1. The van der Waals surface area contributed by atoms with Gasteiger partial charge in [0.05, 0.1) is 54.4 Å². The second kappa shape index (κ2) is 18.4. The lowest BCUT2D eigenvalue weighted by Crippen LogP contribution is -2.42. The largest absolute Gasteiger partial charge is 0.329 e. The van der Waals surface area contributed by atoms with Crippen LogP contribution < -0.4 is 9.80 Å². The Labute approximate surface area is 378 Å². The van der Waals surface area contributed by atoms with Crippen LogP contribution in [0.1, 0.15) is 61.8 Å². The highest BCUT2D eigenvalue weighted by Gasteiger charge is 2.43. The first-order valence-corrected chi connectivity index (χ1v) is 23.3. The predicted molar refractivity (Wildman–Crippen MR) is 270 cm³/mol. The quantitative estimate of drug-likeness (QED) is 0.0844. The van der Waals surface area contributed by atoms with Crippen LogP contribution in [0.25, 0.3) is 22.3 Å². The molecule has 4 heteroatoms. The van der Waals surface area contributed by atoms with Crippen LogP contribution in [0.2, 0.25) is 0 Å². The highest BCUT2D eigenvalue weighted by atomic mass is 15.3. The Morgan fingerprint density at radius 3 is 1.22 bits per heavy atom. The van der Waals surface area contributed by atoms with E-state index < -0.39 is 0 Å². The Kier molecular flexibility index (Phi) is 12.8. The number of quaternary nitrogens is 2. The van der Waals surface area contributed by atoms with Crippen molar-refractivity contribution in [1.29, 1.82) is 0 Å². The van der Waals surface area contributed by atoms with E-state index in [-0.39, 0.29) is 5.41 Å². The van der Waals surface area contributed by atoms with Gasteiger partial charge >= 0.3 is 0 Å². The van der Waals surface area contributed by atoms with Crippen LogP contribution in [0.5, 0.6) is 0 Å². The van der Waals surface area contributed by atoms with Gasteiger partial charge in [0.25, 0.3) is 0 Å². The molecule has 0 bridgehead atoms. The number of para-hydroxylation sites is 2. The van der Waals surface area contributed by atoms with Crippen molar-refractivity contribution in [3.8, 4) is 22.3 Å². The lowest BCUT2D eigenvalue weighted by atomic mass is 9.70. The van der Waals surface area contributed by atoms with Crippen molar-refractivity contribution in [2.45, 2.75) is 58.8 Å². The van der Waals surface area contributed by atoms with Crippen LogP contribution in [0.3, 0.4) is 0 Å². The van der Waals surface area contributed by atoms with Gasteiger partial charge in [-0.1, -0.05) is 102 Å². The number of hydrogen-bond acceptors (Lipinski definition) is 2. The Hall–Kier alpha value is -5.94. The first kappa shape index (κ1) is 43.7. The Morgan fingerprint density at radius 2 is 0.762 bits per heavy atom. The highest BCUT2D eigenvalue weighted by molar-refractivity contribution is 5.86. The van der Waals surface area contributed by atoms with E-state index in [2.05, 4.69) is 236 Å². The summed E-state index contributed by atoms with van der Waals surface area (Å²) in [6.45, 7) is 13.7. The second-order valence-corrected chi connectivity index (χ2v) is 19.3. The second-order valence-electron chi connectivity index (χ2n) is 19.3. The van der Waals surface area contributed by atoms with E-state index in [9.17, 15) is 0 Å². The SMILES string of the molecule is CC[N+](C)(C)CCCC1(CCC[N+](C)(C)CC)c2cc(C)ccc2-c2ccc(-c3ccc(N(c4ccc(C)cc4)c4ccc(N(c5ccccc5)c5ccccc5)cc4)cc3)cc21. The third kappa shape index (κ3) is 9.39. The molecule has 0 fully saturated rings. The van der Waals surface area contributed by atoms with E-state index in [0.29, 0.717) is 0 Å². The molecule has 0 saturated heterocycles. The van der Waals surface area contributed by atoms with E-state index in [1.807, 2.05) is 0 Å². The third-order valence-electron chi connectivity index (χ3n) is 14.1. The molecule has 0 atom stereocenters. The van der Waals surface area contributed by atoms with Crippen molar-refractivity contribution in [2.75, 3.05) is 64.2 Å². The van der Waals surface area contributed by atoms with Gasteiger partial charge in [0.1, 0.15) is 0 Å². The number of fused-ring (bicyclic) bond motifs is 3. The van der Waals surface area contributed by atoms with Gasteiger partial charge in [0, 0.05) is 39.5 Å². The summed E-state index contributed by atoms with van der Waals surface area (Å²) >= 11 is 0. The van der Waals surface area contributed by atoms with Crippen LogP contribution >= 0.6 is 0 Å². The minimum Gasteiger partial charge on any atom is -0.329 e. The summed E-state index contributed by atoms with van der Waals surface area (Å²) in [6, 6.07) is 63.0. The van der Waals surface area contributed by atoms with E-state index in [1.54, 1.807) is 5.56 Å². The molecule has 0 aliphatic heterocycles. The molecular weight excluding hydrogens is 765 g/mol. The van der Waals surface area contributed by atoms with Gasteiger partial charge in [-0.05, 0) is 166 Å². The summed E-state index contributed by atoms with van der Waals surface area (Å²) in [6.07, 6.45) is 4.73. The minimum absolute atomic E-state index is 0.0148. The van der Waals surface area contributed by atoms with Gasteiger partial charge in [-0.3, -0.25) is 0 Å². The molecule has 1 aliphatic carbocycles. The molecule has 0 heterocycles. The number of hydrogen-bond donors (Lipinski definition) is 0. The molecule has 0 unspecified atom stereocenters. The first-order chi connectivity index (χ1) is 30.4. The molecule has 0 N–H and O–H groups in total. The van der Waals surface area contributed by atoms with E-state index in [4.69, 9.17) is 0 Å². The molecule has 8 rings (SSSR count). The van der Waals surface area contributed by atoms with Gasteiger partial charge in [-0.15, -0.1) is 0 Å². The van der Waals surface area contributed by atoms with Gasteiger partial charge < -0.3 is 18.8 Å². The fourth-order valence-electron chi connectivity index (χ4n) is 9.68. The number of nitrogens with zero attached hydrogens (tertiary/aromatic N) is 4. The monoisotopic (exact) mass is 833 g/mol. The van der Waals surface area contributed by atoms with Crippen molar-refractivity contribution in [3.05, 3.63) is 192 Å². The molecule has 4 nitrogen and oxygen atoms in total. The van der Waals surface area contributed by atoms with E-state index in [0.717, 1.165) is 56.2 Å². The maximum Gasteiger partial charge on any atom is 0.0782 e. The molecule has 0 aromatic heterocycles. The lowest BCUT2D eigenvalue weighted by molar-refractivity contribution is -0.889. The zero-order chi connectivity index (χ0) is 44.2. The molecule has 0 amide bonds. The Balaban J connectivity index is 1.16. The van der Waals surface area contributed by atoms with Gasteiger partial charge in [-0.2, -0.15) is 0 Å². The summed E-state index contributed by atoms with van der Waals surface area (Å²) in [7, 11) is 9.54. The average molecular weight is 833 g/mol. The summed E-state index contributed by atoms with van der Waals surface area (Å²) in [5.41, 5.74) is 17.8. The van der Waals surface area contributed by atoms with E-state index >= 15 is 0 Å². The maximum atomic E-state index is 2.57. The van der Waals surface area contributed by atoms with Gasteiger partial charge in [0.2, 0.25) is 0 Å². The lowest BCUT2D eigenvalue weighted by Gasteiger charge is -2.36. The van der Waals surface area contributed by atoms with Crippen molar-refractivity contribution in [3.63, 3.8) is 0 Å². The number of rotatable bonds is 17. The fraction of sp³-hybridized carbons (Fsp3) is 0.288. The molecule has 1 aliphatic rings. The minimum atomic E-state index is -0.0148. The molecular formula is C59H68N4+2. The van der Waals surface area contributed by atoms with Crippen molar-refractivity contribution in [2.24, 2.45) is 0 Å². The molecule has 0 saturated carbocycles. The van der Waals surface area contributed by atoms with Gasteiger partial charge in [0.15, 0.2) is 0 Å². The van der Waals surface area contributed by atoms with E-state index in [1.165, 1.54) is 77.7 Å². The van der Waals surface area contributed by atoms with Crippen LogP contribution in [0.15, 0.2) is 170 Å². The van der Waals surface area contributed by atoms with Crippen LogP contribution in [-0.2, 0) is 5.41 Å². The molecule has 7 aromatic rings. The zero-order valence-electron chi connectivity index (χ0n) is 39.1. The van der Waals surface area contributed by atoms with Gasteiger partial charge in [-0.25, -0.2) is 0 Å². The van der Waals surface area contributed by atoms with Crippen LogP contribution in [0, 0.1) is 13.8 Å². The topological polar surface area (TPSA) is 6.48 Å². The normalized spacial score (nSPS) is 13.1. The fourth-order valence-corrected chi connectivity index (χ4v) is 9.68. The average Bonchev–Trinajstić information content (AvgIpc) is 3.56. The summed E-state index contributed by atoms with van der Waals surface area (Å²) in [5, 5.41) is 0.